The average Bonchev–Trinajstić information content (AvgIpc) is 3.65. The molecule has 45 heavy (non-hydrogen) atoms. The topological polar surface area (TPSA) is 158 Å². The quantitative estimate of drug-likeness (QED) is 0.188. The summed E-state index contributed by atoms with van der Waals surface area (Å²) < 4.78 is 1.74. The molecule has 1 aromatic heterocycles. The maximum Gasteiger partial charge on any atom is 0.245 e. The van der Waals surface area contributed by atoms with E-state index in [1.165, 1.54) is 10.5 Å². The molecule has 0 spiro atoms. The molecule has 6 rings (SSSR count). The van der Waals surface area contributed by atoms with Crippen LogP contribution in [0.25, 0.3) is 11.0 Å². The highest BCUT2D eigenvalue weighted by Gasteiger charge is 2.50. The molecule has 12 nitrogen and oxygen atoms in total. The second-order valence-electron chi connectivity index (χ2n) is 12.3. The van der Waals surface area contributed by atoms with Crippen LogP contribution in [-0.2, 0) is 27.9 Å². The smallest absolute Gasteiger partial charge is 0.245 e. The van der Waals surface area contributed by atoms with Crippen molar-refractivity contribution in [2.75, 3.05) is 26.2 Å². The minimum Gasteiger partial charge on any atom is -0.370 e. The second-order valence-corrected chi connectivity index (χ2v) is 12.3. The van der Waals surface area contributed by atoms with Crippen LogP contribution in [0.15, 0.2) is 54.6 Å². The third kappa shape index (κ3) is 6.01. The Hall–Kier alpha value is -4.74. The zero-order valence-corrected chi connectivity index (χ0v) is 25.5. The van der Waals surface area contributed by atoms with E-state index in [0.717, 1.165) is 18.4 Å². The number of guanidine groups is 1. The van der Waals surface area contributed by atoms with Gasteiger partial charge in [-0.25, -0.2) is 4.98 Å². The van der Waals surface area contributed by atoms with Gasteiger partial charge in [-0.05, 0) is 62.1 Å². The van der Waals surface area contributed by atoms with Crippen LogP contribution in [0.2, 0.25) is 0 Å². The largest absolute Gasteiger partial charge is 0.370 e. The lowest BCUT2D eigenvalue weighted by Crippen LogP contribution is -2.62. The number of carbonyl (C=O) groups is 4. The Labute approximate surface area is 262 Å². The predicted molar refractivity (Wildman–Crippen MR) is 168 cm³/mol. The summed E-state index contributed by atoms with van der Waals surface area (Å²) in [7, 11) is 1.78. The van der Waals surface area contributed by atoms with Gasteiger partial charge in [-0.1, -0.05) is 42.5 Å². The summed E-state index contributed by atoms with van der Waals surface area (Å²) in [5.41, 5.74) is 8.38. The molecule has 4 N–H and O–H groups in total. The molecule has 236 valence electrons. The lowest BCUT2D eigenvalue weighted by atomic mass is 9.86. The summed E-state index contributed by atoms with van der Waals surface area (Å²) in [5.74, 6) is -1.09. The molecule has 0 unspecified atom stereocenters. The van der Waals surface area contributed by atoms with Gasteiger partial charge in [0.1, 0.15) is 12.1 Å². The number of rotatable bonds is 9. The maximum absolute atomic E-state index is 14.1. The number of Topliss-reactive ketones (excluding diaryl/α,β-unsaturated/α-hetero) is 1. The Bertz CT molecular complexity index is 1610. The van der Waals surface area contributed by atoms with E-state index in [-0.39, 0.29) is 41.8 Å². The SMILES string of the molecule is Cn1c(C(=O)[C@@H](NC(=O)[C@@H]2CC[C@H]3C(=O)N(CCCc4ccccc4)CC(=O)N23)C2CCN(C(=N)N)CC2)nc2ccccc21. The van der Waals surface area contributed by atoms with Crippen molar-refractivity contribution in [1.82, 2.24) is 29.6 Å². The molecule has 0 saturated carbocycles. The molecule has 3 atom stereocenters. The molecule has 3 fully saturated rings. The van der Waals surface area contributed by atoms with Crippen molar-refractivity contribution in [2.45, 2.75) is 56.7 Å². The second kappa shape index (κ2) is 12.7. The van der Waals surface area contributed by atoms with Gasteiger partial charge in [-0.3, -0.25) is 24.6 Å². The minimum absolute atomic E-state index is 0.0184. The van der Waals surface area contributed by atoms with E-state index < -0.39 is 24.0 Å². The molecule has 3 amide bonds. The van der Waals surface area contributed by atoms with Crippen molar-refractivity contribution < 1.29 is 19.2 Å². The van der Waals surface area contributed by atoms with E-state index in [1.54, 1.807) is 21.4 Å². The number of hydrogen-bond acceptors (Lipinski definition) is 6. The van der Waals surface area contributed by atoms with E-state index in [0.29, 0.717) is 50.8 Å². The summed E-state index contributed by atoms with van der Waals surface area (Å²) in [6.45, 7) is 1.41. The number of nitrogens with two attached hydrogens (primary N) is 1. The normalized spacial score (nSPS) is 21.2. The first-order valence-corrected chi connectivity index (χ1v) is 15.7. The number of imidazole rings is 1. The summed E-state index contributed by atoms with van der Waals surface area (Å²) in [4.78, 5) is 64.3. The van der Waals surface area contributed by atoms with E-state index in [4.69, 9.17) is 11.1 Å². The molecule has 0 radical (unpaired) electrons. The lowest BCUT2D eigenvalue weighted by molar-refractivity contribution is -0.157. The van der Waals surface area contributed by atoms with Gasteiger partial charge in [0.15, 0.2) is 11.8 Å². The molecular weight excluding hydrogens is 572 g/mol. The molecule has 2 aromatic carbocycles. The molecule has 3 aliphatic rings. The van der Waals surface area contributed by atoms with Crippen LogP contribution in [-0.4, -0.2) is 98.0 Å². The van der Waals surface area contributed by atoms with Crippen LogP contribution < -0.4 is 11.1 Å². The monoisotopic (exact) mass is 612 g/mol. The summed E-state index contributed by atoms with van der Waals surface area (Å²) in [5, 5.41) is 10.8. The van der Waals surface area contributed by atoms with Gasteiger partial charge in [0, 0.05) is 26.7 Å². The fourth-order valence-electron chi connectivity index (χ4n) is 7.13. The Kier molecular flexibility index (Phi) is 8.55. The van der Waals surface area contributed by atoms with Gasteiger partial charge in [0.25, 0.3) is 0 Å². The number of amides is 3. The van der Waals surface area contributed by atoms with Crippen molar-refractivity contribution >= 4 is 40.5 Å². The van der Waals surface area contributed by atoms with Crippen LogP contribution >= 0.6 is 0 Å². The van der Waals surface area contributed by atoms with Gasteiger partial charge in [0.05, 0.1) is 23.6 Å². The lowest BCUT2D eigenvalue weighted by Gasteiger charge is -2.39. The van der Waals surface area contributed by atoms with E-state index >= 15 is 0 Å². The number of carbonyl (C=O) groups excluding carboxylic acids is 4. The predicted octanol–water partition coefficient (Wildman–Crippen LogP) is 1.68. The molecule has 3 aliphatic heterocycles. The zero-order chi connectivity index (χ0) is 31.7. The number of hydrogen-bond donors (Lipinski definition) is 3. The van der Waals surface area contributed by atoms with Crippen molar-refractivity contribution in [3.8, 4) is 0 Å². The number of piperidine rings is 1. The number of aryl methyl sites for hydroxylation is 2. The fraction of sp³-hybridized carbons (Fsp3) is 0.455. The Morgan fingerprint density at radius 3 is 2.44 bits per heavy atom. The van der Waals surface area contributed by atoms with Crippen LogP contribution in [0.3, 0.4) is 0 Å². The summed E-state index contributed by atoms with van der Waals surface area (Å²) >= 11 is 0. The Morgan fingerprint density at radius 2 is 1.73 bits per heavy atom. The Balaban J connectivity index is 1.17. The number of para-hydroxylation sites is 2. The number of nitrogens with zero attached hydrogens (tertiary/aromatic N) is 5. The van der Waals surface area contributed by atoms with Gasteiger partial charge >= 0.3 is 0 Å². The molecule has 0 bridgehead atoms. The molecule has 0 aliphatic carbocycles. The number of benzene rings is 2. The van der Waals surface area contributed by atoms with Gasteiger partial charge in [-0.2, -0.15) is 0 Å². The number of ketones is 1. The maximum atomic E-state index is 14.1. The standard InChI is InChI=1S/C33H40N8O4/c1-38-24-12-6-5-11-23(24)36-30(38)29(43)28(22-15-18-39(19-16-22)33(34)35)37-31(44)25-13-14-26-32(45)40(20-27(42)41(25)26)17-7-10-21-8-3-2-4-9-21/h2-6,8-9,11-12,22,25-26,28H,7,10,13-20H2,1H3,(H3,34,35)(H,37,44)/t25-,26-,28-/m0/s1. The number of piperazine rings is 1. The number of fused-ring (bicyclic) bond motifs is 2. The van der Waals surface area contributed by atoms with Crippen molar-refractivity contribution in [3.05, 3.63) is 66.0 Å². The van der Waals surface area contributed by atoms with Crippen molar-refractivity contribution in [2.24, 2.45) is 18.7 Å². The molecular formula is C33H40N8O4. The molecule has 3 saturated heterocycles. The van der Waals surface area contributed by atoms with E-state index in [9.17, 15) is 19.2 Å². The van der Waals surface area contributed by atoms with Crippen LogP contribution in [0.4, 0.5) is 0 Å². The molecule has 3 aromatic rings. The molecule has 12 heteroatoms. The number of aromatic nitrogens is 2. The molecule has 4 heterocycles. The van der Waals surface area contributed by atoms with Crippen molar-refractivity contribution in [3.63, 3.8) is 0 Å². The van der Waals surface area contributed by atoms with Crippen molar-refractivity contribution in [1.29, 1.82) is 5.41 Å². The van der Waals surface area contributed by atoms with Gasteiger partial charge in [-0.15, -0.1) is 0 Å². The van der Waals surface area contributed by atoms with Gasteiger partial charge in [0.2, 0.25) is 23.5 Å². The zero-order valence-electron chi connectivity index (χ0n) is 25.5. The minimum atomic E-state index is -0.883. The fourth-order valence-corrected chi connectivity index (χ4v) is 7.13. The summed E-state index contributed by atoms with van der Waals surface area (Å²) in [6.07, 6.45) is 3.40. The highest BCUT2D eigenvalue weighted by Crippen LogP contribution is 2.31. The third-order valence-corrected chi connectivity index (χ3v) is 9.57. The van der Waals surface area contributed by atoms with Gasteiger partial charge < -0.3 is 30.3 Å². The van der Waals surface area contributed by atoms with E-state index in [2.05, 4.69) is 10.3 Å². The number of nitrogens with one attached hydrogen (secondary N) is 2. The Morgan fingerprint density at radius 1 is 1.02 bits per heavy atom. The summed E-state index contributed by atoms with van der Waals surface area (Å²) in [6, 6.07) is 15.1. The average molecular weight is 613 g/mol. The first-order chi connectivity index (χ1) is 21.7. The number of likely N-dealkylation sites (tertiary alicyclic amines) is 1. The van der Waals surface area contributed by atoms with Crippen LogP contribution in [0.1, 0.15) is 48.3 Å². The highest BCUT2D eigenvalue weighted by atomic mass is 16.2. The highest BCUT2D eigenvalue weighted by molar-refractivity contribution is 6.03. The first-order valence-electron chi connectivity index (χ1n) is 15.7. The van der Waals surface area contributed by atoms with Crippen LogP contribution in [0.5, 0.6) is 0 Å². The van der Waals surface area contributed by atoms with Crippen LogP contribution in [0, 0.1) is 11.3 Å². The third-order valence-electron chi connectivity index (χ3n) is 9.57. The van der Waals surface area contributed by atoms with E-state index in [1.807, 2.05) is 54.6 Å². The first kappa shape index (κ1) is 30.3.